The van der Waals surface area contributed by atoms with Crippen LogP contribution in [-0.4, -0.2) is 42.9 Å². The van der Waals surface area contributed by atoms with Crippen LogP contribution in [0.5, 0.6) is 0 Å². The van der Waals surface area contributed by atoms with Crippen LogP contribution in [0.25, 0.3) is 0 Å². The first-order valence-corrected chi connectivity index (χ1v) is 8.54. The molecule has 0 saturated heterocycles. The van der Waals surface area contributed by atoms with Gasteiger partial charge < -0.3 is 4.74 Å². The van der Waals surface area contributed by atoms with Crippen molar-refractivity contribution in [3.63, 3.8) is 0 Å². The Bertz CT molecular complexity index is 647. The fraction of sp³-hybridized carbons (Fsp3) is 0.500. The molecule has 2 rings (SSSR count). The molecule has 21 heavy (non-hydrogen) atoms. The maximum Gasteiger partial charge on any atom is 0.321 e. The highest BCUT2D eigenvalue weighted by Gasteiger charge is 2.39. The summed E-state index contributed by atoms with van der Waals surface area (Å²) in [6.07, 6.45) is 2.56. The molecule has 0 spiro atoms. The summed E-state index contributed by atoms with van der Waals surface area (Å²) < 4.78 is 31.1. The topological polar surface area (TPSA) is 76.6 Å². The first-order chi connectivity index (χ1) is 9.86. The number of carbonyl (C=O) groups excluding carboxylic acids is 1. The number of hydrogen-bond acceptors (Lipinski definition) is 5. The molecular formula is C12H14Cl2N2O4S. The van der Waals surface area contributed by atoms with Crippen molar-refractivity contribution in [3.8, 4) is 0 Å². The van der Waals surface area contributed by atoms with Gasteiger partial charge in [0.15, 0.2) is 0 Å². The van der Waals surface area contributed by atoms with E-state index in [-0.39, 0.29) is 34.3 Å². The average molecular weight is 353 g/mol. The van der Waals surface area contributed by atoms with Gasteiger partial charge in [-0.3, -0.25) is 4.79 Å². The lowest BCUT2D eigenvalue weighted by molar-refractivity contribution is -0.143. The Morgan fingerprint density at radius 2 is 2.14 bits per heavy atom. The van der Waals surface area contributed by atoms with Crippen molar-refractivity contribution in [2.45, 2.75) is 30.7 Å². The van der Waals surface area contributed by atoms with Gasteiger partial charge in [-0.15, -0.1) is 0 Å². The zero-order chi connectivity index (χ0) is 15.6. The second-order valence-corrected chi connectivity index (χ2v) is 7.19. The van der Waals surface area contributed by atoms with Crippen LogP contribution in [0.2, 0.25) is 10.2 Å². The van der Waals surface area contributed by atoms with E-state index in [0.717, 1.165) is 10.5 Å². The molecule has 0 N–H and O–H groups in total. The Labute approximate surface area is 133 Å². The van der Waals surface area contributed by atoms with Gasteiger partial charge in [-0.1, -0.05) is 23.2 Å². The monoisotopic (exact) mass is 352 g/mol. The maximum absolute atomic E-state index is 12.6. The number of aromatic nitrogens is 1. The van der Waals surface area contributed by atoms with Gasteiger partial charge in [0.05, 0.1) is 11.6 Å². The van der Waals surface area contributed by atoms with Crippen molar-refractivity contribution < 1.29 is 17.9 Å². The lowest BCUT2D eigenvalue weighted by Gasteiger charge is -2.20. The fourth-order valence-corrected chi connectivity index (χ4v) is 3.72. The molecule has 0 atom stereocenters. The van der Waals surface area contributed by atoms with E-state index in [0.29, 0.717) is 12.8 Å². The largest absolute Gasteiger partial charge is 0.465 e. The summed E-state index contributed by atoms with van der Waals surface area (Å²) in [5.41, 5.74) is 0. The third-order valence-electron chi connectivity index (χ3n) is 2.92. The molecule has 0 aliphatic heterocycles. The Kier molecular flexibility index (Phi) is 5.08. The highest BCUT2D eigenvalue weighted by molar-refractivity contribution is 7.89. The highest BCUT2D eigenvalue weighted by atomic mass is 35.5. The highest BCUT2D eigenvalue weighted by Crippen LogP contribution is 2.33. The molecule has 1 fully saturated rings. The van der Waals surface area contributed by atoms with Gasteiger partial charge in [-0.25, -0.2) is 13.4 Å². The minimum absolute atomic E-state index is 0.0268. The lowest BCUT2D eigenvalue weighted by atomic mass is 10.5. The zero-order valence-electron chi connectivity index (χ0n) is 11.3. The van der Waals surface area contributed by atoms with E-state index < -0.39 is 16.0 Å². The number of hydrogen-bond donors (Lipinski definition) is 0. The predicted molar refractivity (Wildman–Crippen MR) is 77.8 cm³/mol. The second-order valence-electron chi connectivity index (χ2n) is 4.53. The number of esters is 1. The van der Waals surface area contributed by atoms with E-state index in [9.17, 15) is 13.2 Å². The fourth-order valence-electron chi connectivity index (χ4n) is 1.79. The molecule has 1 aliphatic rings. The van der Waals surface area contributed by atoms with Crippen LogP contribution < -0.4 is 0 Å². The quantitative estimate of drug-likeness (QED) is 0.578. The van der Waals surface area contributed by atoms with Crippen molar-refractivity contribution in [1.29, 1.82) is 0 Å². The molecular weight excluding hydrogens is 339 g/mol. The smallest absolute Gasteiger partial charge is 0.321 e. The van der Waals surface area contributed by atoms with Crippen LogP contribution in [0, 0.1) is 0 Å². The van der Waals surface area contributed by atoms with Crippen LogP contribution in [0.1, 0.15) is 19.8 Å². The number of rotatable bonds is 6. The summed E-state index contributed by atoms with van der Waals surface area (Å²) in [5.74, 6) is -0.582. The van der Waals surface area contributed by atoms with Gasteiger partial charge >= 0.3 is 5.97 Å². The van der Waals surface area contributed by atoms with E-state index in [4.69, 9.17) is 27.9 Å². The van der Waals surface area contributed by atoms with E-state index >= 15 is 0 Å². The Balaban J connectivity index is 2.29. The van der Waals surface area contributed by atoms with Crippen molar-refractivity contribution in [1.82, 2.24) is 9.29 Å². The molecule has 1 aromatic rings. The molecule has 9 heteroatoms. The predicted octanol–water partition coefficient (Wildman–Crippen LogP) is 2.10. The normalized spacial score (nSPS) is 15.2. The van der Waals surface area contributed by atoms with Gasteiger partial charge in [0.1, 0.15) is 16.6 Å². The molecule has 0 aromatic carbocycles. The third kappa shape index (κ3) is 3.85. The van der Waals surface area contributed by atoms with Crippen LogP contribution >= 0.6 is 23.2 Å². The van der Waals surface area contributed by atoms with Crippen molar-refractivity contribution in [2.24, 2.45) is 0 Å². The average Bonchev–Trinajstić information content (AvgIpc) is 3.23. The molecule has 0 unspecified atom stereocenters. The molecule has 1 aliphatic carbocycles. The van der Waals surface area contributed by atoms with E-state index in [1.54, 1.807) is 6.92 Å². The molecule has 1 saturated carbocycles. The zero-order valence-corrected chi connectivity index (χ0v) is 13.6. The Morgan fingerprint density at radius 3 is 2.67 bits per heavy atom. The number of sulfonamides is 1. The van der Waals surface area contributed by atoms with Crippen LogP contribution in [0.15, 0.2) is 17.2 Å². The molecule has 0 radical (unpaired) electrons. The van der Waals surface area contributed by atoms with Crippen molar-refractivity contribution >= 4 is 39.2 Å². The Morgan fingerprint density at radius 1 is 1.48 bits per heavy atom. The first kappa shape index (κ1) is 16.5. The Hall–Kier alpha value is -0.890. The molecule has 0 bridgehead atoms. The van der Waals surface area contributed by atoms with E-state index in [1.807, 2.05) is 0 Å². The van der Waals surface area contributed by atoms with E-state index in [2.05, 4.69) is 4.98 Å². The SMILES string of the molecule is CCOC(=O)CN(C1CC1)S(=O)(=O)c1cnc(Cl)c(Cl)c1. The van der Waals surface area contributed by atoms with E-state index in [1.165, 1.54) is 6.07 Å². The summed E-state index contributed by atoms with van der Waals surface area (Å²) in [4.78, 5) is 15.2. The van der Waals surface area contributed by atoms with Gasteiger partial charge in [-0.05, 0) is 25.8 Å². The standard InChI is InChI=1S/C12H14Cl2N2O4S/c1-2-20-11(17)7-16(8-3-4-8)21(18,19)9-5-10(13)12(14)15-6-9/h5-6,8H,2-4,7H2,1H3. The van der Waals surface area contributed by atoms with Crippen molar-refractivity contribution in [3.05, 3.63) is 22.4 Å². The first-order valence-electron chi connectivity index (χ1n) is 6.34. The van der Waals surface area contributed by atoms with Gasteiger partial charge in [0, 0.05) is 12.2 Å². The molecule has 116 valence electrons. The molecule has 1 aromatic heterocycles. The minimum Gasteiger partial charge on any atom is -0.465 e. The molecule has 6 nitrogen and oxygen atoms in total. The van der Waals surface area contributed by atoms with Crippen LogP contribution in [0.4, 0.5) is 0 Å². The summed E-state index contributed by atoms with van der Waals surface area (Å²) >= 11 is 11.5. The number of ether oxygens (including phenoxy) is 1. The lowest BCUT2D eigenvalue weighted by Crippen LogP contribution is -2.38. The number of carbonyl (C=O) groups is 1. The summed E-state index contributed by atoms with van der Waals surface area (Å²) in [6, 6.07) is 1.04. The molecule has 0 amide bonds. The van der Waals surface area contributed by atoms with Gasteiger partial charge in [0.25, 0.3) is 0 Å². The summed E-state index contributed by atoms with van der Waals surface area (Å²) in [7, 11) is -3.86. The summed E-state index contributed by atoms with van der Waals surface area (Å²) in [5, 5.41) is 0.0728. The second kappa shape index (κ2) is 6.48. The number of halogens is 2. The minimum atomic E-state index is -3.86. The molecule has 1 heterocycles. The van der Waals surface area contributed by atoms with Gasteiger partial charge in [-0.2, -0.15) is 4.31 Å². The van der Waals surface area contributed by atoms with Crippen LogP contribution in [0.3, 0.4) is 0 Å². The number of pyridine rings is 1. The number of nitrogens with zero attached hydrogens (tertiary/aromatic N) is 2. The van der Waals surface area contributed by atoms with Crippen LogP contribution in [-0.2, 0) is 19.6 Å². The van der Waals surface area contributed by atoms with Crippen molar-refractivity contribution in [2.75, 3.05) is 13.2 Å². The summed E-state index contributed by atoms with van der Waals surface area (Å²) in [6.45, 7) is 1.55. The maximum atomic E-state index is 12.6. The van der Waals surface area contributed by atoms with Gasteiger partial charge in [0.2, 0.25) is 10.0 Å². The third-order valence-corrected chi connectivity index (χ3v) is 5.47.